The van der Waals surface area contributed by atoms with E-state index in [4.69, 9.17) is 16.3 Å². The minimum absolute atomic E-state index is 0.116. The Bertz CT molecular complexity index is 371. The van der Waals surface area contributed by atoms with E-state index in [1.807, 2.05) is 30.3 Å². The summed E-state index contributed by atoms with van der Waals surface area (Å²) in [6.45, 7) is 0.189. The zero-order chi connectivity index (χ0) is 11.6. The van der Waals surface area contributed by atoms with Crippen LogP contribution in [0, 0.1) is 0 Å². The molecule has 1 aromatic rings. The van der Waals surface area contributed by atoms with Crippen molar-refractivity contribution in [2.45, 2.75) is 30.4 Å². The van der Waals surface area contributed by atoms with Gasteiger partial charge in [0.25, 0.3) is 0 Å². The Labute approximate surface area is 99.0 Å². The molecule has 3 nitrogen and oxygen atoms in total. The summed E-state index contributed by atoms with van der Waals surface area (Å²) >= 11 is 5.73. The predicted molar refractivity (Wildman–Crippen MR) is 60.1 cm³/mol. The first kappa shape index (κ1) is 11.4. The molecule has 0 spiro atoms. The van der Waals surface area contributed by atoms with Gasteiger partial charge >= 0.3 is 5.97 Å². The highest BCUT2D eigenvalue weighted by Gasteiger charge is 2.49. The van der Waals surface area contributed by atoms with Crippen LogP contribution in [0.25, 0.3) is 0 Å². The van der Waals surface area contributed by atoms with Crippen LogP contribution in [0.5, 0.6) is 0 Å². The lowest BCUT2D eigenvalue weighted by Gasteiger charge is -2.37. The number of ether oxygens (including phenoxy) is 1. The topological polar surface area (TPSA) is 46.5 Å². The van der Waals surface area contributed by atoms with Gasteiger partial charge in [0.2, 0.25) is 0 Å². The molecule has 1 aliphatic rings. The Balaban J connectivity index is 1.85. The summed E-state index contributed by atoms with van der Waals surface area (Å²) < 4.78 is 5.04. The van der Waals surface area contributed by atoms with Crippen LogP contribution >= 0.6 is 11.6 Å². The first-order valence-corrected chi connectivity index (χ1v) is 5.61. The van der Waals surface area contributed by atoms with Crippen molar-refractivity contribution in [2.75, 3.05) is 0 Å². The summed E-state index contributed by atoms with van der Waals surface area (Å²) in [5, 5.41) is 9.65. The summed E-state index contributed by atoms with van der Waals surface area (Å²) in [6, 6.07) is 9.36. The third-order valence-corrected chi connectivity index (χ3v) is 3.02. The first-order chi connectivity index (χ1) is 7.60. The monoisotopic (exact) mass is 240 g/mol. The highest BCUT2D eigenvalue weighted by molar-refractivity contribution is 6.22. The van der Waals surface area contributed by atoms with Gasteiger partial charge in [0.1, 0.15) is 6.61 Å². The second-order valence-electron chi connectivity index (χ2n) is 4.10. The van der Waals surface area contributed by atoms with E-state index in [1.165, 1.54) is 0 Å². The molecule has 0 radical (unpaired) electrons. The molecule has 0 aliphatic heterocycles. The van der Waals surface area contributed by atoms with Gasteiger partial charge in [0, 0.05) is 18.2 Å². The fourth-order valence-corrected chi connectivity index (χ4v) is 2.21. The molecule has 0 bridgehead atoms. The highest BCUT2D eigenvalue weighted by Crippen LogP contribution is 2.37. The standard InChI is InChI=1S/C12H13ClO3/c13-10-6-12(15,7-10)11(14)16-8-9-4-2-1-3-5-9/h1-5,10,15H,6-8H2. The summed E-state index contributed by atoms with van der Waals surface area (Å²) in [7, 11) is 0. The zero-order valence-corrected chi connectivity index (χ0v) is 9.48. The van der Waals surface area contributed by atoms with Crippen LogP contribution in [0.15, 0.2) is 30.3 Å². The van der Waals surface area contributed by atoms with Crippen molar-refractivity contribution in [1.82, 2.24) is 0 Å². The molecule has 1 N–H and O–H groups in total. The van der Waals surface area contributed by atoms with E-state index in [9.17, 15) is 9.90 Å². The van der Waals surface area contributed by atoms with Crippen molar-refractivity contribution in [3.8, 4) is 0 Å². The van der Waals surface area contributed by atoms with E-state index in [2.05, 4.69) is 0 Å². The Kier molecular flexibility index (Phi) is 3.17. The number of halogens is 1. The first-order valence-electron chi connectivity index (χ1n) is 5.18. The van der Waals surface area contributed by atoms with Gasteiger partial charge in [-0.1, -0.05) is 30.3 Å². The van der Waals surface area contributed by atoms with Crippen LogP contribution in [0.4, 0.5) is 0 Å². The molecule has 1 aliphatic carbocycles. The summed E-state index contributed by atoms with van der Waals surface area (Å²) in [5.74, 6) is -0.576. The largest absolute Gasteiger partial charge is 0.459 e. The molecule has 16 heavy (non-hydrogen) atoms. The molecule has 0 heterocycles. The Morgan fingerprint density at radius 2 is 2.06 bits per heavy atom. The SMILES string of the molecule is O=C(OCc1ccccc1)C1(O)CC(Cl)C1. The van der Waals surface area contributed by atoms with Crippen molar-refractivity contribution in [3.63, 3.8) is 0 Å². The van der Waals surface area contributed by atoms with Crippen molar-refractivity contribution in [3.05, 3.63) is 35.9 Å². The van der Waals surface area contributed by atoms with Crippen molar-refractivity contribution in [1.29, 1.82) is 0 Å². The molecular weight excluding hydrogens is 228 g/mol. The highest BCUT2D eigenvalue weighted by atomic mass is 35.5. The van der Waals surface area contributed by atoms with E-state index in [1.54, 1.807) is 0 Å². The fraction of sp³-hybridized carbons (Fsp3) is 0.417. The third kappa shape index (κ3) is 2.36. The van der Waals surface area contributed by atoms with E-state index in [-0.39, 0.29) is 24.8 Å². The van der Waals surface area contributed by atoms with Crippen molar-refractivity contribution in [2.24, 2.45) is 0 Å². The van der Waals surface area contributed by atoms with Crippen LogP contribution in [0.1, 0.15) is 18.4 Å². The number of esters is 1. The molecule has 2 rings (SSSR count). The fourth-order valence-electron chi connectivity index (χ4n) is 1.70. The maximum atomic E-state index is 11.5. The van der Waals surface area contributed by atoms with E-state index in [0.29, 0.717) is 0 Å². The smallest absolute Gasteiger partial charge is 0.338 e. The van der Waals surface area contributed by atoms with Crippen LogP contribution in [0.3, 0.4) is 0 Å². The molecule has 0 unspecified atom stereocenters. The number of carbonyl (C=O) groups excluding carboxylic acids is 1. The van der Waals surface area contributed by atoms with E-state index in [0.717, 1.165) is 5.56 Å². The van der Waals surface area contributed by atoms with Gasteiger partial charge in [0.05, 0.1) is 0 Å². The molecule has 0 aromatic heterocycles. The second-order valence-corrected chi connectivity index (χ2v) is 4.72. The van der Waals surface area contributed by atoms with E-state index >= 15 is 0 Å². The predicted octanol–water partition coefficient (Wildman–Crippen LogP) is 1.86. The molecule has 0 atom stereocenters. The molecule has 0 saturated heterocycles. The molecule has 1 saturated carbocycles. The van der Waals surface area contributed by atoms with Gasteiger partial charge < -0.3 is 9.84 Å². The lowest BCUT2D eigenvalue weighted by molar-refractivity contribution is -0.175. The van der Waals surface area contributed by atoms with Gasteiger partial charge in [-0.2, -0.15) is 0 Å². The van der Waals surface area contributed by atoms with Gasteiger partial charge in [-0.3, -0.25) is 0 Å². The van der Waals surface area contributed by atoms with E-state index < -0.39 is 11.6 Å². The number of benzene rings is 1. The van der Waals surface area contributed by atoms with Crippen LogP contribution in [0.2, 0.25) is 0 Å². The van der Waals surface area contributed by atoms with Gasteiger partial charge in [0.15, 0.2) is 5.60 Å². The molecular formula is C12H13ClO3. The van der Waals surface area contributed by atoms with Gasteiger partial charge in [-0.05, 0) is 5.56 Å². The maximum Gasteiger partial charge on any atom is 0.338 e. The minimum atomic E-state index is -1.36. The van der Waals surface area contributed by atoms with Crippen LogP contribution in [-0.4, -0.2) is 22.1 Å². The van der Waals surface area contributed by atoms with Crippen LogP contribution < -0.4 is 0 Å². The normalized spacial score (nSPS) is 28.2. The average Bonchev–Trinajstić information content (AvgIpc) is 2.25. The molecule has 1 aromatic carbocycles. The summed E-state index contributed by atoms with van der Waals surface area (Å²) in [4.78, 5) is 11.5. The number of aliphatic hydroxyl groups is 1. The maximum absolute atomic E-state index is 11.5. The third-order valence-electron chi connectivity index (χ3n) is 2.71. The summed E-state index contributed by atoms with van der Waals surface area (Å²) in [5.41, 5.74) is -0.456. The Hall–Kier alpha value is -1.06. The average molecular weight is 241 g/mol. The van der Waals surface area contributed by atoms with Gasteiger partial charge in [-0.25, -0.2) is 4.79 Å². The number of hydrogen-bond acceptors (Lipinski definition) is 3. The Morgan fingerprint density at radius 3 is 2.62 bits per heavy atom. The van der Waals surface area contributed by atoms with Gasteiger partial charge in [-0.15, -0.1) is 11.6 Å². The molecule has 86 valence electrons. The molecule has 1 fully saturated rings. The minimum Gasteiger partial charge on any atom is -0.459 e. The zero-order valence-electron chi connectivity index (χ0n) is 8.73. The molecule has 4 heteroatoms. The molecule has 0 amide bonds. The second kappa shape index (κ2) is 4.44. The number of alkyl halides is 1. The quantitative estimate of drug-likeness (QED) is 0.648. The lowest BCUT2D eigenvalue weighted by Crippen LogP contribution is -2.52. The Morgan fingerprint density at radius 1 is 1.44 bits per heavy atom. The number of rotatable bonds is 3. The number of carbonyl (C=O) groups is 1. The number of hydrogen-bond donors (Lipinski definition) is 1. The van der Waals surface area contributed by atoms with Crippen molar-refractivity contribution >= 4 is 17.6 Å². The lowest BCUT2D eigenvalue weighted by atomic mass is 9.80. The summed E-state index contributed by atoms with van der Waals surface area (Å²) in [6.07, 6.45) is 0.560. The van der Waals surface area contributed by atoms with Crippen molar-refractivity contribution < 1.29 is 14.6 Å². The van der Waals surface area contributed by atoms with Crippen LogP contribution in [-0.2, 0) is 16.1 Å².